The molecular weight excluding hydrogens is 285 g/mol. The lowest BCUT2D eigenvalue weighted by atomic mass is 10.1. The van der Waals surface area contributed by atoms with Crippen LogP contribution in [0, 0.1) is 0 Å². The Labute approximate surface area is 98.2 Å². The highest BCUT2D eigenvalue weighted by atomic mass is 32.2. The minimum atomic E-state index is -6.04. The minimum absolute atomic E-state index is 0.532. The fraction of sp³-hybridized carbons (Fsp3) is 0.375. The summed E-state index contributed by atoms with van der Waals surface area (Å²) in [6.07, 6.45) is -5.06. The zero-order valence-corrected chi connectivity index (χ0v) is 9.21. The van der Waals surface area contributed by atoms with Gasteiger partial charge in [0, 0.05) is 6.20 Å². The van der Waals surface area contributed by atoms with Gasteiger partial charge in [0.1, 0.15) is 5.69 Å². The highest BCUT2D eigenvalue weighted by Gasteiger charge is 2.64. The van der Waals surface area contributed by atoms with Gasteiger partial charge in [-0.3, -0.25) is 9.54 Å². The molecule has 0 fully saturated rings. The van der Waals surface area contributed by atoms with Crippen molar-refractivity contribution in [1.82, 2.24) is 4.98 Å². The summed E-state index contributed by atoms with van der Waals surface area (Å²) in [5.41, 5.74) is -1.40. The molecule has 0 unspecified atom stereocenters. The second-order valence-electron chi connectivity index (χ2n) is 3.27. The van der Waals surface area contributed by atoms with E-state index in [0.29, 0.717) is 6.07 Å². The van der Waals surface area contributed by atoms with Crippen LogP contribution in [-0.2, 0) is 16.0 Å². The van der Waals surface area contributed by atoms with Gasteiger partial charge in [-0.05, 0) is 12.1 Å². The summed E-state index contributed by atoms with van der Waals surface area (Å²) in [5.74, 6) is -4.90. The fourth-order valence-electron chi connectivity index (χ4n) is 1.26. The summed E-state index contributed by atoms with van der Waals surface area (Å²) in [7, 11) is -6.04. The molecule has 1 rings (SSSR count). The molecule has 4 nitrogen and oxygen atoms in total. The third kappa shape index (κ3) is 2.93. The molecule has 0 spiro atoms. The van der Waals surface area contributed by atoms with Crippen molar-refractivity contribution in [2.45, 2.75) is 17.3 Å². The lowest BCUT2D eigenvalue weighted by Crippen LogP contribution is -2.48. The molecule has 1 heterocycles. The largest absolute Gasteiger partial charge is 0.414 e. The highest BCUT2D eigenvalue weighted by Crippen LogP contribution is 2.42. The van der Waals surface area contributed by atoms with Gasteiger partial charge in [-0.1, -0.05) is 6.07 Å². The SMILES string of the molecule is O=S(=O)(O)[C@H](C(F)(F)F)C(F)(F)c1ccccn1. The van der Waals surface area contributed by atoms with Gasteiger partial charge in [0.15, 0.2) is 0 Å². The molecule has 0 radical (unpaired) electrons. The molecular formula is C8H6F5NO3S. The van der Waals surface area contributed by atoms with Crippen molar-refractivity contribution in [3.8, 4) is 0 Å². The Hall–Kier alpha value is -1.29. The van der Waals surface area contributed by atoms with E-state index < -0.39 is 33.2 Å². The average molecular weight is 291 g/mol. The summed E-state index contributed by atoms with van der Waals surface area (Å²) in [4.78, 5) is 2.97. The Morgan fingerprint density at radius 1 is 1.17 bits per heavy atom. The number of nitrogens with zero attached hydrogens (tertiary/aromatic N) is 1. The van der Waals surface area contributed by atoms with E-state index in [2.05, 4.69) is 4.98 Å². The first kappa shape index (κ1) is 14.8. The summed E-state index contributed by atoms with van der Waals surface area (Å²) >= 11 is 0. The van der Waals surface area contributed by atoms with Gasteiger partial charge in [-0.25, -0.2) is 0 Å². The second kappa shape index (κ2) is 4.43. The molecule has 0 saturated carbocycles. The van der Waals surface area contributed by atoms with Crippen LogP contribution in [-0.4, -0.2) is 29.4 Å². The molecule has 10 heteroatoms. The van der Waals surface area contributed by atoms with Gasteiger partial charge in [-0.2, -0.15) is 30.4 Å². The fourth-order valence-corrected chi connectivity index (χ4v) is 2.09. The maximum atomic E-state index is 13.5. The predicted octanol–water partition coefficient (Wildman–Crippen LogP) is 1.99. The molecule has 0 bridgehead atoms. The van der Waals surface area contributed by atoms with Crippen LogP contribution in [0.1, 0.15) is 5.69 Å². The Bertz CT molecular complexity index is 513. The van der Waals surface area contributed by atoms with Crippen molar-refractivity contribution >= 4 is 10.1 Å². The van der Waals surface area contributed by atoms with Gasteiger partial charge < -0.3 is 0 Å². The van der Waals surface area contributed by atoms with Crippen molar-refractivity contribution < 1.29 is 34.9 Å². The van der Waals surface area contributed by atoms with Crippen LogP contribution in [0.25, 0.3) is 0 Å². The number of alkyl halides is 5. The van der Waals surface area contributed by atoms with E-state index in [9.17, 15) is 30.4 Å². The first-order valence-corrected chi connectivity index (χ1v) is 5.80. The van der Waals surface area contributed by atoms with Crippen LogP contribution in [0.4, 0.5) is 22.0 Å². The van der Waals surface area contributed by atoms with Gasteiger partial charge in [-0.15, -0.1) is 0 Å². The van der Waals surface area contributed by atoms with Crippen molar-refractivity contribution in [3.63, 3.8) is 0 Å². The normalized spacial score (nSPS) is 15.4. The maximum absolute atomic E-state index is 13.5. The standard InChI is InChI=1S/C8H6F5NO3S/c9-7(10,5-3-1-2-4-14-5)6(8(11,12)13)18(15,16)17/h1-4,6H,(H,15,16,17)/t6-/m0/s1. The van der Waals surface area contributed by atoms with E-state index in [1.807, 2.05) is 0 Å². The number of halogens is 5. The number of aromatic nitrogens is 1. The minimum Gasteiger partial charge on any atom is -0.285 e. The van der Waals surface area contributed by atoms with E-state index >= 15 is 0 Å². The summed E-state index contributed by atoms with van der Waals surface area (Å²) in [5, 5.41) is -4.26. The van der Waals surface area contributed by atoms with Crippen LogP contribution in [0.3, 0.4) is 0 Å². The molecule has 0 aliphatic rings. The Morgan fingerprint density at radius 3 is 2.06 bits per heavy atom. The van der Waals surface area contributed by atoms with E-state index in [4.69, 9.17) is 4.55 Å². The number of hydrogen-bond acceptors (Lipinski definition) is 3. The molecule has 102 valence electrons. The van der Waals surface area contributed by atoms with Crippen LogP contribution in [0.5, 0.6) is 0 Å². The highest BCUT2D eigenvalue weighted by molar-refractivity contribution is 7.86. The number of pyridine rings is 1. The number of hydrogen-bond donors (Lipinski definition) is 1. The van der Waals surface area contributed by atoms with Gasteiger partial charge in [0.2, 0.25) is 5.25 Å². The van der Waals surface area contributed by atoms with Crippen LogP contribution in [0.15, 0.2) is 24.4 Å². The van der Waals surface area contributed by atoms with Crippen LogP contribution >= 0.6 is 0 Å². The Kier molecular flexibility index (Phi) is 3.63. The summed E-state index contributed by atoms with van der Waals surface area (Å²) in [6.45, 7) is 0. The molecule has 1 N–H and O–H groups in total. The van der Waals surface area contributed by atoms with E-state index in [1.165, 1.54) is 0 Å². The molecule has 1 atom stereocenters. The molecule has 1 aromatic rings. The van der Waals surface area contributed by atoms with Crippen molar-refractivity contribution in [2.24, 2.45) is 0 Å². The average Bonchev–Trinajstić information content (AvgIpc) is 2.13. The van der Waals surface area contributed by atoms with Crippen molar-refractivity contribution in [2.75, 3.05) is 0 Å². The zero-order chi connectivity index (χ0) is 14.2. The van der Waals surface area contributed by atoms with E-state index in [1.54, 1.807) is 0 Å². The second-order valence-corrected chi connectivity index (χ2v) is 4.78. The van der Waals surface area contributed by atoms with Crippen LogP contribution < -0.4 is 0 Å². The molecule has 0 saturated heterocycles. The van der Waals surface area contributed by atoms with Gasteiger partial charge >= 0.3 is 12.1 Å². The molecule has 18 heavy (non-hydrogen) atoms. The predicted molar refractivity (Wildman–Crippen MR) is 49.5 cm³/mol. The molecule has 0 aliphatic carbocycles. The first-order chi connectivity index (χ1) is 7.97. The van der Waals surface area contributed by atoms with E-state index in [-0.39, 0.29) is 0 Å². The van der Waals surface area contributed by atoms with Crippen LogP contribution in [0.2, 0.25) is 0 Å². The quantitative estimate of drug-likeness (QED) is 0.683. The maximum Gasteiger partial charge on any atom is 0.414 e. The van der Waals surface area contributed by atoms with Crippen molar-refractivity contribution in [3.05, 3.63) is 30.1 Å². The molecule has 0 aromatic carbocycles. The summed E-state index contributed by atoms with van der Waals surface area (Å²) in [6, 6.07) is 2.66. The zero-order valence-electron chi connectivity index (χ0n) is 8.40. The smallest absolute Gasteiger partial charge is 0.285 e. The van der Waals surface area contributed by atoms with Crippen molar-refractivity contribution in [1.29, 1.82) is 0 Å². The third-order valence-electron chi connectivity index (χ3n) is 1.93. The lowest BCUT2D eigenvalue weighted by Gasteiger charge is -2.25. The van der Waals surface area contributed by atoms with Gasteiger partial charge in [0.05, 0.1) is 0 Å². The Balaban J connectivity index is 3.39. The topological polar surface area (TPSA) is 67.3 Å². The first-order valence-electron chi connectivity index (χ1n) is 4.29. The lowest BCUT2D eigenvalue weighted by molar-refractivity contribution is -0.187. The monoisotopic (exact) mass is 291 g/mol. The molecule has 0 aliphatic heterocycles. The Morgan fingerprint density at radius 2 is 1.72 bits per heavy atom. The van der Waals surface area contributed by atoms with Gasteiger partial charge in [0.25, 0.3) is 10.1 Å². The molecule has 0 amide bonds. The molecule has 1 aromatic heterocycles. The third-order valence-corrected chi connectivity index (χ3v) is 3.09. The van der Waals surface area contributed by atoms with E-state index in [0.717, 1.165) is 18.3 Å². The summed E-state index contributed by atoms with van der Waals surface area (Å²) < 4.78 is 93.4. The number of rotatable bonds is 3.